The van der Waals surface area contributed by atoms with Gasteiger partial charge in [0.05, 0.1) is 6.54 Å². The number of amides is 2. The van der Waals surface area contributed by atoms with E-state index in [1.807, 2.05) is 4.90 Å². The van der Waals surface area contributed by atoms with Gasteiger partial charge >= 0.3 is 5.97 Å². The molecule has 2 saturated heterocycles. The van der Waals surface area contributed by atoms with E-state index in [4.69, 9.17) is 9.47 Å². The Bertz CT molecular complexity index is 837. The highest BCUT2D eigenvalue weighted by atomic mass is 19.1. The number of carbonyl (C=O) groups is 3. The zero-order valence-electron chi connectivity index (χ0n) is 18.0. The zero-order chi connectivity index (χ0) is 22.8. The molecular formula is C22H28F2N2O5. The lowest BCUT2D eigenvalue weighted by Gasteiger charge is -2.32. The predicted molar refractivity (Wildman–Crippen MR) is 107 cm³/mol. The molecule has 0 bridgehead atoms. The van der Waals surface area contributed by atoms with Gasteiger partial charge in [-0.15, -0.1) is 0 Å². The fraction of sp³-hybridized carbons (Fsp3) is 0.591. The van der Waals surface area contributed by atoms with Gasteiger partial charge in [-0.25, -0.2) is 8.78 Å². The number of halogens is 2. The highest BCUT2D eigenvalue weighted by molar-refractivity contribution is 5.99. The van der Waals surface area contributed by atoms with Crippen molar-refractivity contribution in [3.8, 4) is 5.75 Å². The average Bonchev–Trinajstić information content (AvgIpc) is 2.63. The van der Waals surface area contributed by atoms with E-state index in [2.05, 4.69) is 5.32 Å². The van der Waals surface area contributed by atoms with Gasteiger partial charge in [0, 0.05) is 30.5 Å². The van der Waals surface area contributed by atoms with E-state index < -0.39 is 35.2 Å². The van der Waals surface area contributed by atoms with E-state index >= 15 is 0 Å². The molecule has 1 aromatic carbocycles. The van der Waals surface area contributed by atoms with Gasteiger partial charge < -0.3 is 9.47 Å². The molecule has 2 heterocycles. The molecular weight excluding hydrogens is 410 g/mol. The van der Waals surface area contributed by atoms with Gasteiger partial charge in [0.1, 0.15) is 23.0 Å². The fourth-order valence-electron chi connectivity index (χ4n) is 3.91. The van der Waals surface area contributed by atoms with Crippen LogP contribution in [0.25, 0.3) is 0 Å². The number of nitrogens with one attached hydrogen (secondary N) is 1. The van der Waals surface area contributed by atoms with Crippen LogP contribution in [0.15, 0.2) is 12.1 Å². The predicted octanol–water partition coefficient (Wildman–Crippen LogP) is 2.67. The van der Waals surface area contributed by atoms with E-state index in [1.165, 1.54) is 0 Å². The van der Waals surface area contributed by atoms with Crippen LogP contribution < -0.4 is 10.1 Å². The van der Waals surface area contributed by atoms with Crippen LogP contribution in [0.5, 0.6) is 5.75 Å². The zero-order valence-corrected chi connectivity index (χ0v) is 18.0. The average molecular weight is 438 g/mol. The molecule has 0 radical (unpaired) electrons. The van der Waals surface area contributed by atoms with Crippen molar-refractivity contribution in [1.82, 2.24) is 10.2 Å². The number of benzene rings is 1. The van der Waals surface area contributed by atoms with E-state index in [9.17, 15) is 23.2 Å². The molecule has 170 valence electrons. The molecule has 1 N–H and O–H groups in total. The molecule has 2 aliphatic rings. The summed E-state index contributed by atoms with van der Waals surface area (Å²) in [6.07, 6.45) is 0.319. The van der Waals surface area contributed by atoms with Crippen LogP contribution >= 0.6 is 0 Å². The van der Waals surface area contributed by atoms with Crippen molar-refractivity contribution in [2.75, 3.05) is 19.6 Å². The van der Waals surface area contributed by atoms with Crippen molar-refractivity contribution in [2.45, 2.75) is 64.1 Å². The summed E-state index contributed by atoms with van der Waals surface area (Å²) < 4.78 is 40.2. The summed E-state index contributed by atoms with van der Waals surface area (Å²) in [5.74, 6) is -3.19. The summed E-state index contributed by atoms with van der Waals surface area (Å²) in [6.45, 7) is 6.60. The molecule has 0 aliphatic carbocycles. The summed E-state index contributed by atoms with van der Waals surface area (Å²) in [5.41, 5.74) is -0.563. The summed E-state index contributed by atoms with van der Waals surface area (Å²) in [6, 6.07) is 2.16. The lowest BCUT2D eigenvalue weighted by Crippen LogP contribution is -2.46. The Balaban J connectivity index is 1.59. The second-order valence-corrected chi connectivity index (χ2v) is 9.00. The molecule has 31 heavy (non-hydrogen) atoms. The molecule has 0 saturated carbocycles. The summed E-state index contributed by atoms with van der Waals surface area (Å²) in [4.78, 5) is 36.9. The van der Waals surface area contributed by atoms with Gasteiger partial charge in [-0.05, 0) is 52.6 Å². The highest BCUT2D eigenvalue weighted by Gasteiger charge is 2.31. The third kappa shape index (κ3) is 6.22. The van der Waals surface area contributed by atoms with Gasteiger partial charge in [0.15, 0.2) is 6.10 Å². The molecule has 1 aromatic rings. The number of rotatable bonds is 5. The topological polar surface area (TPSA) is 84.9 Å². The highest BCUT2D eigenvalue weighted by Crippen LogP contribution is 2.34. The summed E-state index contributed by atoms with van der Waals surface area (Å²) in [7, 11) is 0. The maximum Gasteiger partial charge on any atom is 0.320 e. The first-order valence-electron chi connectivity index (χ1n) is 10.5. The molecule has 1 unspecified atom stereocenters. The van der Waals surface area contributed by atoms with Crippen molar-refractivity contribution < 1.29 is 32.6 Å². The molecule has 0 spiro atoms. The van der Waals surface area contributed by atoms with Crippen LogP contribution in [0.4, 0.5) is 8.78 Å². The van der Waals surface area contributed by atoms with E-state index in [-0.39, 0.29) is 42.6 Å². The molecule has 2 aliphatic heterocycles. The van der Waals surface area contributed by atoms with Crippen LogP contribution in [0.3, 0.4) is 0 Å². The van der Waals surface area contributed by atoms with Gasteiger partial charge in [0.2, 0.25) is 5.91 Å². The molecule has 2 amide bonds. The Morgan fingerprint density at radius 3 is 2.29 bits per heavy atom. The van der Waals surface area contributed by atoms with Crippen LogP contribution in [0.1, 0.15) is 57.9 Å². The quantitative estimate of drug-likeness (QED) is 0.562. The Morgan fingerprint density at radius 2 is 1.74 bits per heavy atom. The normalized spacial score (nSPS) is 21.0. The number of ether oxygens (including phenoxy) is 2. The number of esters is 1. The standard InChI is InChI=1S/C22H28F2N2O5/c1-22(2,3)31-19(28)12-26-8-6-13(7-9-26)20-15(23)10-14(11-16(20)24)30-17-4-5-18(27)25-21(17)29/h10-11,13,17H,4-9,12H2,1-3H3,(H,25,27,29). The smallest absolute Gasteiger partial charge is 0.320 e. The Kier molecular flexibility index (Phi) is 6.93. The molecule has 9 heteroatoms. The maximum atomic E-state index is 14.7. The number of imide groups is 1. The van der Waals surface area contributed by atoms with Crippen molar-refractivity contribution in [1.29, 1.82) is 0 Å². The SMILES string of the molecule is CC(C)(C)OC(=O)CN1CCC(c2c(F)cc(OC3CCC(=O)NC3=O)cc2F)CC1. The number of nitrogens with zero attached hydrogens (tertiary/aromatic N) is 1. The minimum atomic E-state index is -0.960. The van der Waals surface area contributed by atoms with Crippen LogP contribution in [0.2, 0.25) is 0 Å². The first-order chi connectivity index (χ1) is 14.5. The van der Waals surface area contributed by atoms with E-state index in [0.717, 1.165) is 12.1 Å². The second kappa shape index (κ2) is 9.30. The molecule has 2 fully saturated rings. The summed E-state index contributed by atoms with van der Waals surface area (Å²) in [5, 5.41) is 2.14. The van der Waals surface area contributed by atoms with Crippen molar-refractivity contribution in [3.05, 3.63) is 29.3 Å². The van der Waals surface area contributed by atoms with Gasteiger partial charge in [0.25, 0.3) is 5.91 Å². The third-order valence-corrected chi connectivity index (χ3v) is 5.29. The number of carbonyl (C=O) groups excluding carboxylic acids is 3. The number of hydrogen-bond donors (Lipinski definition) is 1. The molecule has 0 aromatic heterocycles. The Labute approximate surface area is 180 Å². The molecule has 1 atom stereocenters. The summed E-state index contributed by atoms with van der Waals surface area (Å²) >= 11 is 0. The molecule has 3 rings (SSSR count). The monoisotopic (exact) mass is 438 g/mol. The van der Waals surface area contributed by atoms with Crippen molar-refractivity contribution in [2.24, 2.45) is 0 Å². The number of hydrogen-bond acceptors (Lipinski definition) is 6. The largest absolute Gasteiger partial charge is 0.480 e. The third-order valence-electron chi connectivity index (χ3n) is 5.29. The van der Waals surface area contributed by atoms with Gasteiger partial charge in [-0.3, -0.25) is 24.6 Å². The second-order valence-electron chi connectivity index (χ2n) is 9.00. The number of likely N-dealkylation sites (tertiary alicyclic amines) is 1. The van der Waals surface area contributed by atoms with Crippen LogP contribution in [0, 0.1) is 11.6 Å². The van der Waals surface area contributed by atoms with Crippen LogP contribution in [-0.2, 0) is 19.1 Å². The minimum Gasteiger partial charge on any atom is -0.480 e. The van der Waals surface area contributed by atoms with E-state index in [1.54, 1.807) is 20.8 Å². The van der Waals surface area contributed by atoms with Crippen molar-refractivity contribution in [3.63, 3.8) is 0 Å². The van der Waals surface area contributed by atoms with E-state index in [0.29, 0.717) is 25.9 Å². The lowest BCUT2D eigenvalue weighted by atomic mass is 9.88. The lowest BCUT2D eigenvalue weighted by molar-refractivity contribution is -0.156. The number of piperidine rings is 2. The fourth-order valence-corrected chi connectivity index (χ4v) is 3.91. The van der Waals surface area contributed by atoms with Crippen LogP contribution in [-0.4, -0.2) is 54.0 Å². The first kappa shape index (κ1) is 23.1. The first-order valence-corrected chi connectivity index (χ1v) is 10.5. The Morgan fingerprint density at radius 1 is 1.13 bits per heavy atom. The van der Waals surface area contributed by atoms with Gasteiger partial charge in [-0.1, -0.05) is 0 Å². The molecule has 7 nitrogen and oxygen atoms in total. The van der Waals surface area contributed by atoms with Gasteiger partial charge in [-0.2, -0.15) is 0 Å². The minimum absolute atomic E-state index is 0.00691. The van der Waals surface area contributed by atoms with Crippen molar-refractivity contribution >= 4 is 17.8 Å². The Hall–Kier alpha value is -2.55. The maximum absolute atomic E-state index is 14.7.